The highest BCUT2D eigenvalue weighted by Crippen LogP contribution is 2.26. The number of nitrogens with zero attached hydrogens (tertiary/aromatic N) is 2. The van der Waals surface area contributed by atoms with Gasteiger partial charge in [0.15, 0.2) is 0 Å². The van der Waals surface area contributed by atoms with E-state index in [9.17, 15) is 14.9 Å². The van der Waals surface area contributed by atoms with E-state index in [2.05, 4.69) is 15.3 Å². The van der Waals surface area contributed by atoms with E-state index in [-0.39, 0.29) is 32.5 Å². The predicted molar refractivity (Wildman–Crippen MR) is 74.7 cm³/mol. The van der Waals surface area contributed by atoms with Crippen molar-refractivity contribution in [2.45, 2.75) is 0 Å². The lowest BCUT2D eigenvalue weighted by atomic mass is 10.3. The molecule has 2 heterocycles. The van der Waals surface area contributed by atoms with Crippen LogP contribution in [0.2, 0.25) is 15.3 Å². The van der Waals surface area contributed by atoms with Crippen LogP contribution in [0.1, 0.15) is 10.5 Å². The zero-order chi connectivity index (χ0) is 14.9. The SMILES string of the molecule is O=C(Nc1nc(Cl)ccc1[N+](=O)[O-])c1cc(Cl)c(Cl)[nH]1. The molecule has 20 heavy (non-hydrogen) atoms. The molecule has 0 unspecified atom stereocenters. The molecule has 0 saturated heterocycles. The Morgan fingerprint density at radius 2 is 2.05 bits per heavy atom. The summed E-state index contributed by atoms with van der Waals surface area (Å²) in [6.45, 7) is 0. The van der Waals surface area contributed by atoms with Crippen molar-refractivity contribution in [2.24, 2.45) is 0 Å². The lowest BCUT2D eigenvalue weighted by Crippen LogP contribution is -2.14. The van der Waals surface area contributed by atoms with Crippen LogP contribution in [0.3, 0.4) is 0 Å². The highest BCUT2D eigenvalue weighted by molar-refractivity contribution is 6.41. The number of carbonyl (C=O) groups excluding carboxylic acids is 1. The Morgan fingerprint density at radius 3 is 2.60 bits per heavy atom. The average Bonchev–Trinajstić information content (AvgIpc) is 2.69. The van der Waals surface area contributed by atoms with Gasteiger partial charge in [-0.1, -0.05) is 34.8 Å². The van der Waals surface area contributed by atoms with Gasteiger partial charge in [-0.3, -0.25) is 20.2 Å². The van der Waals surface area contributed by atoms with Crippen molar-refractivity contribution >= 4 is 52.2 Å². The summed E-state index contributed by atoms with van der Waals surface area (Å²) in [5, 5.41) is 13.3. The minimum Gasteiger partial charge on any atom is -0.340 e. The molecule has 2 aromatic heterocycles. The van der Waals surface area contributed by atoms with Crippen LogP contribution in [0.25, 0.3) is 0 Å². The zero-order valence-corrected chi connectivity index (χ0v) is 11.8. The van der Waals surface area contributed by atoms with Crippen molar-refractivity contribution in [2.75, 3.05) is 5.32 Å². The lowest BCUT2D eigenvalue weighted by Gasteiger charge is -2.04. The second-order valence-corrected chi connectivity index (χ2v) is 4.73. The highest BCUT2D eigenvalue weighted by atomic mass is 35.5. The van der Waals surface area contributed by atoms with Gasteiger partial charge in [-0.25, -0.2) is 4.98 Å². The summed E-state index contributed by atoms with van der Waals surface area (Å²) >= 11 is 17.0. The third-order valence-corrected chi connectivity index (χ3v) is 3.14. The van der Waals surface area contributed by atoms with Crippen LogP contribution in [0.15, 0.2) is 18.2 Å². The number of nitrogens with one attached hydrogen (secondary N) is 2. The van der Waals surface area contributed by atoms with Gasteiger partial charge in [-0.15, -0.1) is 0 Å². The molecule has 7 nitrogen and oxygen atoms in total. The lowest BCUT2D eigenvalue weighted by molar-refractivity contribution is -0.384. The van der Waals surface area contributed by atoms with E-state index in [1.54, 1.807) is 0 Å². The molecule has 0 aliphatic heterocycles. The molecule has 0 spiro atoms. The minimum atomic E-state index is -0.687. The molecule has 0 aromatic carbocycles. The Kier molecular flexibility index (Phi) is 4.12. The van der Waals surface area contributed by atoms with E-state index >= 15 is 0 Å². The van der Waals surface area contributed by atoms with Gasteiger partial charge in [0, 0.05) is 6.07 Å². The van der Waals surface area contributed by atoms with Crippen molar-refractivity contribution in [3.8, 4) is 0 Å². The first-order valence-electron chi connectivity index (χ1n) is 5.05. The number of amides is 1. The van der Waals surface area contributed by atoms with Gasteiger partial charge in [0.25, 0.3) is 5.91 Å². The Balaban J connectivity index is 2.32. The van der Waals surface area contributed by atoms with Crippen molar-refractivity contribution in [1.29, 1.82) is 0 Å². The quantitative estimate of drug-likeness (QED) is 0.509. The molecular weight excluding hydrogens is 330 g/mol. The third kappa shape index (κ3) is 3.01. The number of aromatic nitrogens is 2. The van der Waals surface area contributed by atoms with Crippen molar-refractivity contribution in [3.63, 3.8) is 0 Å². The second kappa shape index (κ2) is 5.66. The van der Waals surface area contributed by atoms with Gasteiger partial charge >= 0.3 is 5.69 Å². The number of nitro groups is 1. The number of halogens is 3. The number of H-pyrrole nitrogens is 1. The molecule has 0 aliphatic carbocycles. The van der Waals surface area contributed by atoms with Crippen LogP contribution in [0.5, 0.6) is 0 Å². The summed E-state index contributed by atoms with van der Waals surface area (Å²) in [4.78, 5) is 28.3. The van der Waals surface area contributed by atoms with Gasteiger partial charge in [0.2, 0.25) is 5.82 Å². The Labute approximate surface area is 127 Å². The fraction of sp³-hybridized carbons (Fsp3) is 0. The standard InChI is InChI=1S/C10H5Cl3N4O3/c11-4-3-5(14-8(4)13)10(18)16-9-6(17(19)20)1-2-7(12)15-9/h1-3,14H,(H,15,16,18). The Bertz CT molecular complexity index is 682. The second-order valence-electron chi connectivity index (χ2n) is 3.56. The van der Waals surface area contributed by atoms with E-state index in [4.69, 9.17) is 34.8 Å². The summed E-state index contributed by atoms with van der Waals surface area (Å²) in [5.74, 6) is -0.953. The first kappa shape index (κ1) is 14.6. The molecule has 0 bridgehead atoms. The summed E-state index contributed by atoms with van der Waals surface area (Å²) in [6.07, 6.45) is 0. The molecule has 0 fully saturated rings. The van der Waals surface area contributed by atoms with Gasteiger partial charge in [0.1, 0.15) is 16.0 Å². The van der Waals surface area contributed by atoms with Gasteiger partial charge in [0.05, 0.1) is 9.95 Å². The minimum absolute atomic E-state index is 0.00782. The van der Waals surface area contributed by atoms with Crippen LogP contribution < -0.4 is 5.32 Å². The van der Waals surface area contributed by atoms with Gasteiger partial charge < -0.3 is 4.98 Å². The topological polar surface area (TPSA) is 101 Å². The maximum absolute atomic E-state index is 11.9. The average molecular weight is 336 g/mol. The van der Waals surface area contributed by atoms with Crippen LogP contribution >= 0.6 is 34.8 Å². The van der Waals surface area contributed by atoms with Crippen LogP contribution in [0, 0.1) is 10.1 Å². The maximum Gasteiger partial charge on any atom is 0.311 e. The number of hydrogen-bond donors (Lipinski definition) is 2. The monoisotopic (exact) mass is 334 g/mol. The number of anilines is 1. The predicted octanol–water partition coefficient (Wildman–Crippen LogP) is 3.53. The summed E-state index contributed by atoms with van der Waals surface area (Å²) in [7, 11) is 0. The van der Waals surface area contributed by atoms with Gasteiger partial charge in [-0.05, 0) is 12.1 Å². The van der Waals surface area contributed by atoms with Crippen LogP contribution in [-0.2, 0) is 0 Å². The molecular formula is C10H5Cl3N4O3. The summed E-state index contributed by atoms with van der Waals surface area (Å²) in [5.41, 5.74) is -0.345. The molecule has 10 heteroatoms. The van der Waals surface area contributed by atoms with Crippen LogP contribution in [0.4, 0.5) is 11.5 Å². The van der Waals surface area contributed by atoms with Gasteiger partial charge in [-0.2, -0.15) is 0 Å². The first-order chi connectivity index (χ1) is 9.38. The fourth-order valence-corrected chi connectivity index (χ4v) is 1.83. The molecule has 0 atom stereocenters. The molecule has 0 saturated carbocycles. The van der Waals surface area contributed by atoms with E-state index in [0.29, 0.717) is 0 Å². The van der Waals surface area contributed by atoms with Crippen LogP contribution in [-0.4, -0.2) is 20.8 Å². The van der Waals surface area contributed by atoms with E-state index in [1.807, 2.05) is 0 Å². The van der Waals surface area contributed by atoms with E-state index < -0.39 is 10.8 Å². The number of pyridine rings is 1. The number of hydrogen-bond acceptors (Lipinski definition) is 4. The number of carbonyl (C=O) groups is 1. The molecule has 104 valence electrons. The molecule has 2 aromatic rings. The largest absolute Gasteiger partial charge is 0.340 e. The smallest absolute Gasteiger partial charge is 0.311 e. The Hall–Kier alpha value is -1.83. The number of rotatable bonds is 3. The molecule has 2 N–H and O–H groups in total. The molecule has 1 amide bonds. The molecule has 0 aliphatic rings. The first-order valence-corrected chi connectivity index (χ1v) is 6.18. The Morgan fingerprint density at radius 1 is 1.35 bits per heavy atom. The number of aromatic amines is 1. The van der Waals surface area contributed by atoms with E-state index in [0.717, 1.165) is 6.07 Å². The molecule has 0 radical (unpaired) electrons. The fourth-order valence-electron chi connectivity index (χ4n) is 1.37. The summed E-state index contributed by atoms with van der Waals surface area (Å²) in [6, 6.07) is 3.67. The zero-order valence-electron chi connectivity index (χ0n) is 9.49. The van der Waals surface area contributed by atoms with Crippen molar-refractivity contribution in [3.05, 3.63) is 49.3 Å². The summed E-state index contributed by atoms with van der Waals surface area (Å²) < 4.78 is 0. The molecule has 2 rings (SSSR count). The van der Waals surface area contributed by atoms with Crippen molar-refractivity contribution in [1.82, 2.24) is 9.97 Å². The normalized spacial score (nSPS) is 10.3. The highest BCUT2D eigenvalue weighted by Gasteiger charge is 2.20. The third-order valence-electron chi connectivity index (χ3n) is 2.24. The van der Waals surface area contributed by atoms with E-state index in [1.165, 1.54) is 12.1 Å². The van der Waals surface area contributed by atoms with Crippen molar-refractivity contribution < 1.29 is 9.72 Å². The maximum atomic E-state index is 11.9.